The van der Waals surface area contributed by atoms with E-state index in [1.165, 1.54) is 4.57 Å². The summed E-state index contributed by atoms with van der Waals surface area (Å²) < 4.78 is 8.26. The Kier molecular flexibility index (Phi) is 5.03. The molecule has 0 aliphatic rings. The zero-order valence-electron chi connectivity index (χ0n) is 14.7. The maximum atomic E-state index is 12.2. The summed E-state index contributed by atoms with van der Waals surface area (Å²) in [4.78, 5) is 31.4. The lowest BCUT2D eigenvalue weighted by molar-refractivity contribution is -0.137. The van der Waals surface area contributed by atoms with Crippen molar-refractivity contribution in [1.29, 1.82) is 0 Å². The fourth-order valence-electron chi connectivity index (χ4n) is 2.60. The summed E-state index contributed by atoms with van der Waals surface area (Å²) in [6, 6.07) is 3.67. The lowest BCUT2D eigenvalue weighted by atomic mass is 10.2. The Morgan fingerprint density at radius 2 is 2.00 bits per heavy atom. The molecule has 26 heavy (non-hydrogen) atoms. The van der Waals surface area contributed by atoms with Gasteiger partial charge in [0, 0.05) is 18.9 Å². The molecule has 1 N–H and O–H groups in total. The van der Waals surface area contributed by atoms with E-state index < -0.39 is 5.97 Å². The Balaban J connectivity index is 1.90. The molecule has 3 aromatic rings. The number of nitrogens with zero attached hydrogens (tertiary/aromatic N) is 3. The van der Waals surface area contributed by atoms with Gasteiger partial charge in [0.1, 0.15) is 5.75 Å². The topological polar surface area (TPSA) is 94.3 Å². The molecule has 0 fully saturated rings. The molecular formula is C18H19N3O4S. The molecule has 1 aromatic carbocycles. The number of ether oxygens (including phenoxy) is 1. The molecule has 8 heteroatoms. The van der Waals surface area contributed by atoms with E-state index in [0.717, 1.165) is 32.7 Å². The Morgan fingerprint density at radius 1 is 1.31 bits per heavy atom. The molecule has 0 spiro atoms. The average Bonchev–Trinajstić information content (AvgIpc) is 2.88. The Labute approximate surface area is 153 Å². The number of carboxylic acids is 1. The number of hydrogen-bond donors (Lipinski definition) is 1. The summed E-state index contributed by atoms with van der Waals surface area (Å²) in [5.41, 5.74) is 2.56. The lowest BCUT2D eigenvalue weighted by Crippen LogP contribution is -2.15. The van der Waals surface area contributed by atoms with Crippen molar-refractivity contribution in [3.05, 3.63) is 51.1 Å². The molecule has 0 aliphatic carbocycles. The van der Waals surface area contributed by atoms with Gasteiger partial charge in [0.15, 0.2) is 11.9 Å². The van der Waals surface area contributed by atoms with E-state index in [1.54, 1.807) is 12.4 Å². The molecule has 0 amide bonds. The number of aryl methyl sites for hydroxylation is 3. The van der Waals surface area contributed by atoms with Gasteiger partial charge >= 0.3 is 10.8 Å². The van der Waals surface area contributed by atoms with Crippen molar-refractivity contribution in [2.75, 3.05) is 0 Å². The number of thiazole rings is 1. The van der Waals surface area contributed by atoms with Crippen molar-refractivity contribution >= 4 is 27.5 Å². The highest BCUT2D eigenvalue weighted by atomic mass is 32.1. The Hall–Kier alpha value is -2.74. The van der Waals surface area contributed by atoms with Gasteiger partial charge in [-0.15, -0.1) is 0 Å². The number of rotatable bonds is 6. The van der Waals surface area contributed by atoms with Gasteiger partial charge in [0.2, 0.25) is 0 Å². The largest absolute Gasteiger partial charge is 0.482 e. The summed E-state index contributed by atoms with van der Waals surface area (Å²) in [6.07, 6.45) is 3.06. The number of benzene rings is 1. The van der Waals surface area contributed by atoms with Crippen LogP contribution in [-0.4, -0.2) is 25.6 Å². The van der Waals surface area contributed by atoms with Crippen molar-refractivity contribution in [3.63, 3.8) is 0 Å². The maximum absolute atomic E-state index is 12.2. The first-order valence-electron chi connectivity index (χ1n) is 8.16. The highest BCUT2D eigenvalue weighted by Crippen LogP contribution is 2.30. The second-order valence-electron chi connectivity index (χ2n) is 6.13. The molecule has 3 rings (SSSR count). The van der Waals surface area contributed by atoms with Crippen LogP contribution in [0.5, 0.6) is 5.75 Å². The molecule has 2 aromatic heterocycles. The van der Waals surface area contributed by atoms with Crippen molar-refractivity contribution in [2.24, 2.45) is 0 Å². The van der Waals surface area contributed by atoms with Gasteiger partial charge in [-0.25, -0.2) is 9.97 Å². The van der Waals surface area contributed by atoms with Crippen LogP contribution in [0.25, 0.3) is 10.2 Å². The van der Waals surface area contributed by atoms with Crippen LogP contribution in [0.2, 0.25) is 0 Å². The van der Waals surface area contributed by atoms with Gasteiger partial charge in [-0.3, -0.25) is 14.2 Å². The first-order valence-corrected chi connectivity index (χ1v) is 8.98. The molecule has 0 aliphatic heterocycles. The van der Waals surface area contributed by atoms with Gasteiger partial charge < -0.3 is 9.84 Å². The smallest absolute Gasteiger partial charge is 0.308 e. The Morgan fingerprint density at radius 3 is 2.65 bits per heavy atom. The third kappa shape index (κ3) is 3.75. The number of fused-ring (bicyclic) bond motifs is 1. The second-order valence-corrected chi connectivity index (χ2v) is 7.12. The summed E-state index contributed by atoms with van der Waals surface area (Å²) >= 11 is 1.08. The van der Waals surface area contributed by atoms with Crippen LogP contribution in [0.1, 0.15) is 36.4 Å². The molecule has 0 saturated carbocycles. The van der Waals surface area contributed by atoms with Gasteiger partial charge in [0.25, 0.3) is 0 Å². The molecule has 0 radical (unpaired) electrons. The standard InChI is InChI=1S/C18H19N3O4S/c1-10-8-19-17(20-9-10)12(3)25-14-7-15-13(6-11(14)2)21(18(24)26-15)5-4-16(22)23/h6-9,12H,4-5H2,1-3H3,(H,22,23)/t12-/m1/s1. The van der Waals surface area contributed by atoms with Gasteiger partial charge in [-0.05, 0) is 44.0 Å². The fourth-order valence-corrected chi connectivity index (χ4v) is 3.52. The van der Waals surface area contributed by atoms with E-state index >= 15 is 0 Å². The fraction of sp³-hybridized carbons (Fsp3) is 0.333. The number of aliphatic carboxylic acids is 1. The minimum absolute atomic E-state index is 0.0924. The number of aromatic nitrogens is 3. The first kappa shape index (κ1) is 18.1. The lowest BCUT2D eigenvalue weighted by Gasteiger charge is -2.15. The highest BCUT2D eigenvalue weighted by Gasteiger charge is 2.15. The summed E-state index contributed by atoms with van der Waals surface area (Å²) in [7, 11) is 0. The van der Waals surface area contributed by atoms with E-state index in [4.69, 9.17) is 9.84 Å². The second kappa shape index (κ2) is 7.25. The van der Waals surface area contributed by atoms with Crippen molar-refractivity contribution in [2.45, 2.75) is 39.8 Å². The van der Waals surface area contributed by atoms with E-state index in [-0.39, 0.29) is 23.9 Å². The molecule has 2 heterocycles. The average molecular weight is 373 g/mol. The molecule has 136 valence electrons. The summed E-state index contributed by atoms with van der Waals surface area (Å²) in [5, 5.41) is 8.85. The minimum Gasteiger partial charge on any atom is -0.482 e. The van der Waals surface area contributed by atoms with Crippen LogP contribution in [0.3, 0.4) is 0 Å². The molecule has 0 saturated heterocycles. The molecule has 7 nitrogen and oxygen atoms in total. The van der Waals surface area contributed by atoms with E-state index in [9.17, 15) is 9.59 Å². The van der Waals surface area contributed by atoms with E-state index in [0.29, 0.717) is 11.6 Å². The van der Waals surface area contributed by atoms with Crippen LogP contribution in [0, 0.1) is 13.8 Å². The summed E-state index contributed by atoms with van der Waals surface area (Å²) in [6.45, 7) is 5.83. The van der Waals surface area contributed by atoms with E-state index in [2.05, 4.69) is 9.97 Å². The van der Waals surface area contributed by atoms with Gasteiger partial charge in [-0.1, -0.05) is 11.3 Å². The van der Waals surface area contributed by atoms with E-state index in [1.807, 2.05) is 32.9 Å². The zero-order chi connectivity index (χ0) is 18.8. The van der Waals surface area contributed by atoms with Crippen molar-refractivity contribution in [1.82, 2.24) is 14.5 Å². The maximum Gasteiger partial charge on any atom is 0.308 e. The van der Waals surface area contributed by atoms with Crippen molar-refractivity contribution < 1.29 is 14.6 Å². The van der Waals surface area contributed by atoms with Crippen LogP contribution in [0.4, 0.5) is 0 Å². The normalized spacial score (nSPS) is 12.3. The molecule has 0 bridgehead atoms. The molecular weight excluding hydrogens is 354 g/mol. The van der Waals surface area contributed by atoms with Crippen LogP contribution in [0.15, 0.2) is 29.3 Å². The highest BCUT2D eigenvalue weighted by molar-refractivity contribution is 7.16. The predicted octanol–water partition coefficient (Wildman–Crippen LogP) is 3.08. The van der Waals surface area contributed by atoms with Crippen LogP contribution >= 0.6 is 11.3 Å². The third-order valence-corrected chi connectivity index (χ3v) is 4.92. The number of carboxylic acid groups (broad SMARTS) is 1. The quantitative estimate of drug-likeness (QED) is 0.713. The summed E-state index contributed by atoms with van der Waals surface area (Å²) in [5.74, 6) is 0.308. The predicted molar refractivity (Wildman–Crippen MR) is 98.9 cm³/mol. The van der Waals surface area contributed by atoms with Gasteiger partial charge in [-0.2, -0.15) is 0 Å². The van der Waals surface area contributed by atoms with Crippen molar-refractivity contribution in [3.8, 4) is 5.75 Å². The SMILES string of the molecule is Cc1cnc([C@@H](C)Oc2cc3sc(=O)n(CCC(=O)O)c3cc2C)nc1. The Bertz CT molecular complexity index is 1010. The molecule has 0 unspecified atom stereocenters. The van der Waals surface area contributed by atoms with Gasteiger partial charge in [0.05, 0.1) is 16.6 Å². The third-order valence-electron chi connectivity index (χ3n) is 3.98. The minimum atomic E-state index is -0.931. The first-order chi connectivity index (χ1) is 12.3. The number of carbonyl (C=O) groups is 1. The monoisotopic (exact) mass is 373 g/mol. The van der Waals surface area contributed by atoms with Crippen LogP contribution < -0.4 is 9.61 Å². The number of hydrogen-bond acceptors (Lipinski definition) is 6. The zero-order valence-corrected chi connectivity index (χ0v) is 15.5. The van der Waals surface area contributed by atoms with Crippen LogP contribution in [-0.2, 0) is 11.3 Å². The molecule has 1 atom stereocenters.